The van der Waals surface area contributed by atoms with Crippen LogP contribution in [0.3, 0.4) is 0 Å². The van der Waals surface area contributed by atoms with Crippen LogP contribution in [0, 0.1) is 12.8 Å². The van der Waals surface area contributed by atoms with Crippen LogP contribution in [0.5, 0.6) is 0 Å². The molecule has 4 heteroatoms. The van der Waals surface area contributed by atoms with Crippen LogP contribution in [0.2, 0.25) is 0 Å². The van der Waals surface area contributed by atoms with E-state index < -0.39 is 0 Å². The Balaban J connectivity index is 2.07. The molecule has 1 atom stereocenters. The molecule has 1 aliphatic rings. The summed E-state index contributed by atoms with van der Waals surface area (Å²) in [5, 5.41) is 3.20. The summed E-state index contributed by atoms with van der Waals surface area (Å²) in [5.74, 6) is 0.700. The summed E-state index contributed by atoms with van der Waals surface area (Å²) in [7, 11) is 1.96. The number of aromatic nitrogens is 1. The molecule has 1 unspecified atom stereocenters. The first-order valence-electron chi connectivity index (χ1n) is 6.58. The molecular formula is C14H21N3O. The minimum atomic E-state index is 0.126. The average Bonchev–Trinajstić information content (AvgIpc) is 2.39. The lowest BCUT2D eigenvalue weighted by Crippen LogP contribution is -2.42. The van der Waals surface area contributed by atoms with Gasteiger partial charge in [-0.05, 0) is 51.4 Å². The molecule has 18 heavy (non-hydrogen) atoms. The predicted molar refractivity (Wildman–Crippen MR) is 71.5 cm³/mol. The van der Waals surface area contributed by atoms with Gasteiger partial charge in [0, 0.05) is 25.0 Å². The molecule has 0 bridgehead atoms. The molecule has 0 aromatic carbocycles. The van der Waals surface area contributed by atoms with Gasteiger partial charge in [0.25, 0.3) is 5.91 Å². The number of carbonyl (C=O) groups is 1. The quantitative estimate of drug-likeness (QED) is 0.879. The maximum absolute atomic E-state index is 12.4. The summed E-state index contributed by atoms with van der Waals surface area (Å²) in [6.07, 6.45) is 4.03. The fraction of sp³-hybridized carbons (Fsp3) is 0.571. The lowest BCUT2D eigenvalue weighted by atomic mass is 9.97. The van der Waals surface area contributed by atoms with E-state index in [1.54, 1.807) is 6.20 Å². The molecule has 4 nitrogen and oxygen atoms in total. The van der Waals surface area contributed by atoms with Crippen LogP contribution < -0.4 is 5.32 Å². The molecule has 0 saturated carbocycles. The van der Waals surface area contributed by atoms with E-state index in [4.69, 9.17) is 0 Å². The molecule has 1 aliphatic heterocycles. The molecular weight excluding hydrogens is 226 g/mol. The van der Waals surface area contributed by atoms with E-state index in [0.29, 0.717) is 5.92 Å². The molecule has 1 fully saturated rings. The molecule has 2 heterocycles. The van der Waals surface area contributed by atoms with E-state index in [2.05, 4.69) is 10.3 Å². The van der Waals surface area contributed by atoms with E-state index in [-0.39, 0.29) is 5.91 Å². The third-order valence-corrected chi connectivity index (χ3v) is 3.54. The van der Waals surface area contributed by atoms with Gasteiger partial charge in [0.2, 0.25) is 0 Å². The Labute approximate surface area is 108 Å². The van der Waals surface area contributed by atoms with Crippen molar-refractivity contribution in [1.82, 2.24) is 15.2 Å². The maximum atomic E-state index is 12.4. The number of hydrogen-bond donors (Lipinski definition) is 1. The van der Waals surface area contributed by atoms with Crippen LogP contribution >= 0.6 is 0 Å². The Morgan fingerprint density at radius 3 is 3.17 bits per heavy atom. The Kier molecular flexibility index (Phi) is 4.31. The molecule has 1 saturated heterocycles. The molecule has 1 N–H and O–H groups in total. The van der Waals surface area contributed by atoms with Crippen LogP contribution in [0.15, 0.2) is 18.3 Å². The molecule has 0 aliphatic carbocycles. The summed E-state index contributed by atoms with van der Waals surface area (Å²) >= 11 is 0. The summed E-state index contributed by atoms with van der Waals surface area (Å²) in [4.78, 5) is 18.6. The lowest BCUT2D eigenvalue weighted by molar-refractivity contribution is 0.0673. The molecule has 0 spiro atoms. The Bertz CT molecular complexity index is 417. The Morgan fingerprint density at radius 2 is 2.44 bits per heavy atom. The van der Waals surface area contributed by atoms with Crippen LogP contribution in [0.1, 0.15) is 28.9 Å². The van der Waals surface area contributed by atoms with Gasteiger partial charge in [-0.2, -0.15) is 0 Å². The number of amides is 1. The minimum absolute atomic E-state index is 0.126. The fourth-order valence-corrected chi connectivity index (χ4v) is 2.59. The van der Waals surface area contributed by atoms with E-state index in [9.17, 15) is 4.79 Å². The minimum Gasteiger partial charge on any atom is -0.338 e. The Morgan fingerprint density at radius 1 is 1.61 bits per heavy atom. The number of carbonyl (C=O) groups excluding carboxylic acids is 1. The van der Waals surface area contributed by atoms with Crippen molar-refractivity contribution in [3.05, 3.63) is 29.6 Å². The monoisotopic (exact) mass is 247 g/mol. The number of nitrogens with zero attached hydrogens (tertiary/aromatic N) is 2. The second-order valence-electron chi connectivity index (χ2n) is 4.95. The van der Waals surface area contributed by atoms with E-state index in [0.717, 1.165) is 37.3 Å². The largest absolute Gasteiger partial charge is 0.338 e. The van der Waals surface area contributed by atoms with Crippen LogP contribution in [0.4, 0.5) is 0 Å². The first kappa shape index (κ1) is 13.0. The fourth-order valence-electron chi connectivity index (χ4n) is 2.59. The van der Waals surface area contributed by atoms with Crippen molar-refractivity contribution in [2.75, 3.05) is 26.7 Å². The predicted octanol–water partition coefficient (Wildman–Crippen LogP) is 1.46. The summed E-state index contributed by atoms with van der Waals surface area (Å²) in [5.41, 5.74) is 1.56. The van der Waals surface area contributed by atoms with Gasteiger partial charge in [0.15, 0.2) is 0 Å². The van der Waals surface area contributed by atoms with Gasteiger partial charge >= 0.3 is 0 Å². The summed E-state index contributed by atoms with van der Waals surface area (Å²) < 4.78 is 0. The van der Waals surface area contributed by atoms with Crippen molar-refractivity contribution >= 4 is 5.91 Å². The molecule has 0 radical (unpaired) electrons. The average molecular weight is 247 g/mol. The second kappa shape index (κ2) is 5.96. The maximum Gasteiger partial charge on any atom is 0.255 e. The summed E-state index contributed by atoms with van der Waals surface area (Å²) in [6, 6.07) is 3.70. The zero-order chi connectivity index (χ0) is 13.0. The van der Waals surface area contributed by atoms with Crippen molar-refractivity contribution in [1.29, 1.82) is 0 Å². The van der Waals surface area contributed by atoms with Gasteiger partial charge in [-0.15, -0.1) is 0 Å². The highest BCUT2D eigenvalue weighted by Gasteiger charge is 2.24. The molecule has 1 aromatic heterocycles. The van der Waals surface area contributed by atoms with Crippen molar-refractivity contribution in [2.24, 2.45) is 5.92 Å². The zero-order valence-corrected chi connectivity index (χ0v) is 11.1. The highest BCUT2D eigenvalue weighted by atomic mass is 16.2. The topological polar surface area (TPSA) is 45.2 Å². The third kappa shape index (κ3) is 2.88. The third-order valence-electron chi connectivity index (χ3n) is 3.54. The van der Waals surface area contributed by atoms with Gasteiger partial charge in [0.05, 0.1) is 5.56 Å². The molecule has 98 valence electrons. The van der Waals surface area contributed by atoms with Crippen molar-refractivity contribution in [2.45, 2.75) is 19.8 Å². The van der Waals surface area contributed by atoms with Gasteiger partial charge < -0.3 is 10.2 Å². The first-order valence-corrected chi connectivity index (χ1v) is 6.58. The smallest absolute Gasteiger partial charge is 0.255 e. The number of aryl methyl sites for hydroxylation is 1. The second-order valence-corrected chi connectivity index (χ2v) is 4.95. The highest BCUT2D eigenvalue weighted by Crippen LogP contribution is 2.18. The van der Waals surface area contributed by atoms with Crippen LogP contribution in [-0.4, -0.2) is 42.5 Å². The van der Waals surface area contributed by atoms with E-state index in [1.807, 2.05) is 31.0 Å². The van der Waals surface area contributed by atoms with Crippen LogP contribution in [0.25, 0.3) is 0 Å². The number of likely N-dealkylation sites (tertiary alicyclic amines) is 1. The lowest BCUT2D eigenvalue weighted by Gasteiger charge is -2.33. The van der Waals surface area contributed by atoms with Gasteiger partial charge in [0.1, 0.15) is 0 Å². The zero-order valence-electron chi connectivity index (χ0n) is 11.1. The van der Waals surface area contributed by atoms with E-state index in [1.165, 1.54) is 6.42 Å². The van der Waals surface area contributed by atoms with Crippen molar-refractivity contribution < 1.29 is 4.79 Å². The first-order chi connectivity index (χ1) is 8.72. The van der Waals surface area contributed by atoms with E-state index >= 15 is 0 Å². The van der Waals surface area contributed by atoms with Crippen molar-refractivity contribution in [3.63, 3.8) is 0 Å². The van der Waals surface area contributed by atoms with Gasteiger partial charge in [-0.25, -0.2) is 0 Å². The molecule has 1 aromatic rings. The normalized spacial score (nSPS) is 19.9. The van der Waals surface area contributed by atoms with Gasteiger partial charge in [-0.1, -0.05) is 0 Å². The van der Waals surface area contributed by atoms with Gasteiger partial charge in [-0.3, -0.25) is 9.78 Å². The number of hydrogen-bond acceptors (Lipinski definition) is 3. The Hall–Kier alpha value is -1.42. The van der Waals surface area contributed by atoms with Crippen molar-refractivity contribution in [3.8, 4) is 0 Å². The number of rotatable bonds is 3. The highest BCUT2D eigenvalue weighted by molar-refractivity contribution is 5.95. The number of nitrogens with one attached hydrogen (secondary N) is 1. The number of pyridine rings is 1. The molecule has 1 amide bonds. The summed E-state index contributed by atoms with van der Waals surface area (Å²) in [6.45, 7) is 4.60. The number of piperidine rings is 1. The van der Waals surface area contributed by atoms with Crippen LogP contribution in [-0.2, 0) is 0 Å². The molecule has 2 rings (SSSR count). The standard InChI is InChI=1S/C14H21N3O/c1-11-13(6-3-7-16-11)14(18)17-8-4-5-12(10-17)9-15-2/h3,6-7,12,15H,4-5,8-10H2,1-2H3. The SMILES string of the molecule is CNCC1CCCN(C(=O)c2cccnc2C)C1.